The van der Waals surface area contributed by atoms with Gasteiger partial charge in [0.25, 0.3) is 17.7 Å². The first-order chi connectivity index (χ1) is 23.3. The smallest absolute Gasteiger partial charge is 0.264 e. The summed E-state index contributed by atoms with van der Waals surface area (Å²) in [5, 5.41) is 16.0. The number of rotatable bonds is 5. The van der Waals surface area contributed by atoms with Crippen molar-refractivity contribution in [3.8, 4) is 0 Å². The summed E-state index contributed by atoms with van der Waals surface area (Å²) in [6.07, 6.45) is 3.88. The Morgan fingerprint density at radius 2 is 1.55 bits per heavy atom. The zero-order valence-electron chi connectivity index (χ0n) is 24.7. The number of hydrazone groups is 1. The number of benzene rings is 3. The minimum Gasteiger partial charge on any atom is -0.271 e. The average molecular weight is 754 g/mol. The van der Waals surface area contributed by atoms with E-state index >= 15 is 0 Å². The van der Waals surface area contributed by atoms with Gasteiger partial charge in [-0.2, -0.15) is 10.2 Å². The molecule has 0 radical (unpaired) electrons. The van der Waals surface area contributed by atoms with E-state index in [1.165, 1.54) is 11.1 Å². The Kier molecular flexibility index (Phi) is 8.66. The van der Waals surface area contributed by atoms with E-state index in [-0.39, 0.29) is 21.9 Å². The van der Waals surface area contributed by atoms with E-state index in [2.05, 4.69) is 10.3 Å². The third-order valence-corrected chi connectivity index (χ3v) is 9.92. The lowest BCUT2D eigenvalue weighted by Crippen LogP contribution is -2.45. The monoisotopic (exact) mass is 752 g/mol. The van der Waals surface area contributed by atoms with Gasteiger partial charge in [-0.15, -0.1) is 0 Å². The number of carbonyl (C=O) groups is 3. The number of halogens is 8. The second kappa shape index (κ2) is 12.7. The molecule has 3 heterocycles. The van der Waals surface area contributed by atoms with E-state index in [0.717, 1.165) is 17.0 Å². The summed E-state index contributed by atoms with van der Waals surface area (Å²) < 4.78 is 57.3. The van der Waals surface area contributed by atoms with Crippen LogP contribution in [0.1, 0.15) is 36.4 Å². The topological polar surface area (TPSA) is 98.0 Å². The van der Waals surface area contributed by atoms with Gasteiger partial charge in [0.05, 0.1) is 11.8 Å². The largest absolute Gasteiger partial charge is 0.271 e. The van der Waals surface area contributed by atoms with Gasteiger partial charge in [-0.3, -0.25) is 19.4 Å². The highest BCUT2D eigenvalue weighted by Crippen LogP contribution is 2.47. The van der Waals surface area contributed by atoms with Gasteiger partial charge in [0.1, 0.15) is 12.2 Å². The molecule has 252 valence electrons. The van der Waals surface area contributed by atoms with Crippen LogP contribution in [0.25, 0.3) is 6.08 Å². The number of anilines is 1. The van der Waals surface area contributed by atoms with Crippen LogP contribution in [0.2, 0.25) is 20.1 Å². The number of amides is 3. The van der Waals surface area contributed by atoms with Crippen molar-refractivity contribution in [1.29, 1.82) is 0 Å². The van der Waals surface area contributed by atoms with Crippen LogP contribution in [0.5, 0.6) is 0 Å². The Balaban J connectivity index is 1.22. The van der Waals surface area contributed by atoms with Gasteiger partial charge >= 0.3 is 0 Å². The molecule has 2 fully saturated rings. The van der Waals surface area contributed by atoms with Crippen molar-refractivity contribution in [2.45, 2.75) is 37.4 Å². The van der Waals surface area contributed by atoms with Crippen molar-refractivity contribution in [3.63, 3.8) is 0 Å². The normalized spacial score (nSPS) is 23.9. The van der Waals surface area contributed by atoms with E-state index in [1.807, 2.05) is 6.08 Å². The van der Waals surface area contributed by atoms with E-state index in [0.29, 0.717) is 44.7 Å². The van der Waals surface area contributed by atoms with Crippen molar-refractivity contribution >= 4 is 81.6 Å². The first kappa shape index (κ1) is 33.5. The molecular weight excluding hydrogens is 734 g/mol. The molecule has 7 rings (SSSR count). The van der Waals surface area contributed by atoms with Crippen molar-refractivity contribution in [1.82, 2.24) is 10.0 Å². The number of fused-ring (bicyclic) bond motifs is 2. The lowest BCUT2D eigenvalue weighted by molar-refractivity contribution is -0.136. The second-order valence-corrected chi connectivity index (χ2v) is 13.4. The van der Waals surface area contributed by atoms with Crippen LogP contribution < -0.4 is 4.90 Å². The summed E-state index contributed by atoms with van der Waals surface area (Å²) in [6, 6.07) is 5.91. The van der Waals surface area contributed by atoms with E-state index < -0.39 is 71.3 Å². The minimum atomic E-state index is -1.94. The summed E-state index contributed by atoms with van der Waals surface area (Å²) in [5.74, 6) is -11.1. The zero-order valence-corrected chi connectivity index (χ0v) is 27.7. The van der Waals surface area contributed by atoms with Gasteiger partial charge in [0, 0.05) is 32.1 Å². The molecule has 0 spiro atoms. The van der Waals surface area contributed by atoms with E-state index in [1.54, 1.807) is 30.3 Å². The Bertz CT molecular complexity index is 2040. The van der Waals surface area contributed by atoms with Crippen molar-refractivity contribution in [3.05, 3.63) is 103 Å². The second-order valence-electron chi connectivity index (χ2n) is 11.7. The van der Waals surface area contributed by atoms with Gasteiger partial charge in [0.15, 0.2) is 35.4 Å². The number of hydrogen-bond donors (Lipinski definition) is 0. The van der Waals surface area contributed by atoms with Crippen molar-refractivity contribution in [2.24, 2.45) is 21.4 Å². The number of allylic oxidation sites excluding steroid dienone is 1. The van der Waals surface area contributed by atoms with Crippen LogP contribution in [0.15, 0.2) is 63.5 Å². The molecule has 3 aromatic rings. The van der Waals surface area contributed by atoms with Crippen LogP contribution in [0, 0.1) is 29.2 Å². The zero-order chi connectivity index (χ0) is 34.9. The maximum atomic E-state index is 14.6. The fraction of sp³-hybridized carbons (Fsp3) is 0.250. The predicted molar refractivity (Wildman–Crippen MR) is 173 cm³/mol. The molecule has 17 heteroatoms. The molecule has 3 amide bonds. The summed E-state index contributed by atoms with van der Waals surface area (Å²) in [5.41, 5.74) is 1.16. The third kappa shape index (κ3) is 5.66. The molecular formula is C32H20Cl4F4N6O3. The van der Waals surface area contributed by atoms with Crippen LogP contribution in [0.3, 0.4) is 0 Å². The highest BCUT2D eigenvalue weighted by Gasteiger charge is 2.57. The summed E-state index contributed by atoms with van der Waals surface area (Å²) >= 11 is 25.4. The Morgan fingerprint density at radius 3 is 2.22 bits per heavy atom. The lowest BCUT2D eigenvalue weighted by Gasteiger charge is -2.31. The summed E-state index contributed by atoms with van der Waals surface area (Å²) in [7, 11) is 0. The first-order valence-electron chi connectivity index (χ1n) is 14.8. The highest BCUT2D eigenvalue weighted by atomic mass is 35.5. The third-order valence-electron chi connectivity index (χ3n) is 8.80. The van der Waals surface area contributed by atoms with Gasteiger partial charge < -0.3 is 0 Å². The molecule has 1 saturated carbocycles. The molecule has 0 N–H and O–H groups in total. The first-order valence-corrected chi connectivity index (χ1v) is 16.3. The molecule has 49 heavy (non-hydrogen) atoms. The molecule has 3 aliphatic heterocycles. The number of nitrogens with zero attached hydrogens (tertiary/aromatic N) is 6. The van der Waals surface area contributed by atoms with Gasteiger partial charge in [0.2, 0.25) is 0 Å². The molecule has 1 aliphatic carbocycles. The SMILES string of the molecule is O=C1[C@@H]2N=NN(CC(=O)N3N=C4/C(=C/c5ccc(Cl)cc5Cl)CCC[C@@H]4[C@H]3c3ccc(Cl)cc3Cl)[C@H]2C(=O)N1c1c(F)c(F)cc(F)c1F. The highest BCUT2D eigenvalue weighted by molar-refractivity contribution is 6.36. The van der Waals surface area contributed by atoms with Gasteiger partial charge in [-0.05, 0) is 66.3 Å². The molecule has 1 saturated heterocycles. The van der Waals surface area contributed by atoms with Crippen LogP contribution in [0.4, 0.5) is 23.2 Å². The van der Waals surface area contributed by atoms with Crippen LogP contribution in [-0.4, -0.2) is 52.1 Å². The fourth-order valence-corrected chi connectivity index (χ4v) is 7.59. The molecule has 4 aliphatic rings. The minimum absolute atomic E-state index is 0.0122. The van der Waals surface area contributed by atoms with E-state index in [4.69, 9.17) is 51.5 Å². The van der Waals surface area contributed by atoms with Gasteiger partial charge in [-0.25, -0.2) is 27.5 Å². The summed E-state index contributed by atoms with van der Waals surface area (Å²) in [6.45, 7) is -0.659. The fourth-order valence-electron chi connectivity index (χ4n) is 6.61. The quantitative estimate of drug-likeness (QED) is 0.150. The molecule has 0 bridgehead atoms. The lowest BCUT2D eigenvalue weighted by atomic mass is 9.77. The Morgan fingerprint density at radius 1 is 0.878 bits per heavy atom. The molecule has 0 unspecified atom stereocenters. The number of hydrogen-bond acceptors (Lipinski definition) is 7. The van der Waals surface area contributed by atoms with Crippen LogP contribution >= 0.6 is 46.4 Å². The maximum Gasteiger partial charge on any atom is 0.264 e. The Labute approximate surface area is 295 Å². The van der Waals surface area contributed by atoms with Crippen molar-refractivity contribution < 1.29 is 31.9 Å². The molecule has 9 nitrogen and oxygen atoms in total. The average Bonchev–Trinajstić information content (AvgIpc) is 3.72. The number of carbonyl (C=O) groups excluding carboxylic acids is 3. The molecule has 4 atom stereocenters. The van der Waals surface area contributed by atoms with Crippen molar-refractivity contribution in [2.75, 3.05) is 11.4 Å². The standard InChI is InChI=1S/C32H20Cl4F4N6O3/c33-15-5-4-13(19(35)9-15)8-14-2-1-3-18-26(14)42-46(28(18)17-7-6-16(34)10-20(17)36)23(47)12-44-30-27(41-43-44)31(48)45(32(30)49)29-24(39)21(37)11-22(38)25(29)40/h4-11,18,27-28,30H,1-3,12H2/b14-8+/t18-,27+,28+,30+/m0/s1. The van der Waals surface area contributed by atoms with E-state index in [9.17, 15) is 31.9 Å². The Hall–Kier alpha value is -4.04. The van der Waals surface area contributed by atoms with Gasteiger partial charge in [-0.1, -0.05) is 63.8 Å². The molecule has 0 aromatic heterocycles. The number of imide groups is 1. The van der Waals surface area contributed by atoms with Crippen LogP contribution in [-0.2, 0) is 14.4 Å². The summed E-state index contributed by atoms with van der Waals surface area (Å²) in [4.78, 5) is 40.6. The molecule has 3 aromatic carbocycles. The predicted octanol–water partition coefficient (Wildman–Crippen LogP) is 7.97. The maximum absolute atomic E-state index is 14.6.